The maximum absolute atomic E-state index is 13.2. The standard InChI is InChI=1S/C57H96N2O5/c1-10-11-12-13-14-19-24-42-63-54(61)27-20-15-17-22-40-59(53(60)26-25-39-58(8)9)41-23-18-16-21-28-55(62)64-48-35-37-56(6)47(43-48)31-32-49-51-34-33-50(57(51,7)38-36-52(49)56)46(5)30-29-45(4)44(2)3/h19,24,29-32,44-46,48,50-52H,10-18,20-23,25-28,33-43H2,1-9H3/b24-19+,30-29+. The zero-order valence-electron chi connectivity index (χ0n) is 42.7. The molecule has 0 aliphatic heterocycles. The Morgan fingerprint density at radius 2 is 1.41 bits per heavy atom. The van der Waals surface area contributed by atoms with E-state index in [-0.39, 0.29) is 29.4 Å². The van der Waals surface area contributed by atoms with Gasteiger partial charge in [0.15, 0.2) is 0 Å². The predicted octanol–water partition coefficient (Wildman–Crippen LogP) is 14.0. The van der Waals surface area contributed by atoms with Crippen LogP contribution in [0.1, 0.15) is 203 Å². The molecule has 1 amide bonds. The monoisotopic (exact) mass is 889 g/mol. The molecule has 4 aliphatic carbocycles. The van der Waals surface area contributed by atoms with Gasteiger partial charge >= 0.3 is 11.9 Å². The molecular weight excluding hydrogens is 793 g/mol. The third-order valence-electron chi connectivity index (χ3n) is 16.5. The van der Waals surface area contributed by atoms with Crippen LogP contribution in [0.15, 0.2) is 47.6 Å². The van der Waals surface area contributed by atoms with E-state index < -0.39 is 0 Å². The molecule has 0 aromatic carbocycles. The van der Waals surface area contributed by atoms with E-state index in [4.69, 9.17) is 9.47 Å². The Morgan fingerprint density at radius 3 is 2.09 bits per heavy atom. The molecule has 7 nitrogen and oxygen atoms in total. The molecule has 364 valence electrons. The summed E-state index contributed by atoms with van der Waals surface area (Å²) in [7, 11) is 4.10. The van der Waals surface area contributed by atoms with Gasteiger partial charge in [0.05, 0.1) is 0 Å². The van der Waals surface area contributed by atoms with Gasteiger partial charge in [0.2, 0.25) is 5.91 Å². The predicted molar refractivity (Wildman–Crippen MR) is 267 cm³/mol. The van der Waals surface area contributed by atoms with Gasteiger partial charge < -0.3 is 19.3 Å². The van der Waals surface area contributed by atoms with Crippen LogP contribution in [0.4, 0.5) is 0 Å². The van der Waals surface area contributed by atoms with Crippen molar-refractivity contribution in [2.75, 3.05) is 40.3 Å². The van der Waals surface area contributed by atoms with Gasteiger partial charge in [0.25, 0.3) is 0 Å². The molecule has 0 spiro atoms. The third-order valence-corrected chi connectivity index (χ3v) is 16.5. The summed E-state index contributed by atoms with van der Waals surface area (Å²) in [6.07, 6.45) is 38.2. The van der Waals surface area contributed by atoms with Crippen molar-refractivity contribution >= 4 is 17.8 Å². The highest BCUT2D eigenvalue weighted by Gasteiger charge is 2.57. The van der Waals surface area contributed by atoms with Crippen LogP contribution in [0, 0.1) is 46.3 Å². The summed E-state index contributed by atoms with van der Waals surface area (Å²) in [5.41, 5.74) is 3.82. The van der Waals surface area contributed by atoms with Crippen LogP contribution in [0.5, 0.6) is 0 Å². The quantitative estimate of drug-likeness (QED) is 0.0406. The summed E-state index contributed by atoms with van der Waals surface area (Å²) < 4.78 is 11.5. The number of carbonyl (C=O) groups excluding carboxylic acids is 3. The van der Waals surface area contributed by atoms with Gasteiger partial charge in [0, 0.05) is 38.8 Å². The molecule has 8 atom stereocenters. The number of hydrogen-bond donors (Lipinski definition) is 0. The second-order valence-electron chi connectivity index (χ2n) is 21.9. The molecule has 7 heteroatoms. The van der Waals surface area contributed by atoms with E-state index in [0.29, 0.717) is 60.9 Å². The molecule has 0 heterocycles. The molecule has 0 radical (unpaired) electrons. The number of nitrogens with zero attached hydrogens (tertiary/aromatic N) is 2. The first-order valence-corrected chi connectivity index (χ1v) is 26.7. The Bertz CT molecular complexity index is 1540. The fourth-order valence-electron chi connectivity index (χ4n) is 11.9. The summed E-state index contributed by atoms with van der Waals surface area (Å²) >= 11 is 0. The first kappa shape index (κ1) is 53.9. The number of fused-ring (bicyclic) bond motifs is 5. The lowest BCUT2D eigenvalue weighted by Crippen LogP contribution is -2.46. The molecular formula is C57H96N2O5. The van der Waals surface area contributed by atoms with Crippen molar-refractivity contribution in [3.8, 4) is 0 Å². The molecule has 64 heavy (non-hydrogen) atoms. The summed E-state index contributed by atoms with van der Waals surface area (Å²) in [4.78, 5) is 42.7. The molecule has 4 rings (SSSR count). The average molecular weight is 889 g/mol. The van der Waals surface area contributed by atoms with E-state index in [1.807, 2.05) is 6.08 Å². The van der Waals surface area contributed by atoms with Crippen molar-refractivity contribution in [1.29, 1.82) is 0 Å². The number of rotatable bonds is 30. The maximum atomic E-state index is 13.2. The summed E-state index contributed by atoms with van der Waals surface area (Å²) in [6.45, 7) is 19.7. The molecule has 0 aromatic heterocycles. The Labute approximate surface area is 393 Å². The number of carbonyl (C=O) groups is 3. The highest BCUT2D eigenvalue weighted by Crippen LogP contribution is 2.66. The molecule has 3 saturated carbocycles. The Balaban J connectivity index is 1.14. The zero-order valence-corrected chi connectivity index (χ0v) is 42.7. The molecule has 0 saturated heterocycles. The van der Waals surface area contributed by atoms with Crippen molar-refractivity contribution in [2.45, 2.75) is 209 Å². The van der Waals surface area contributed by atoms with Crippen LogP contribution in [0.3, 0.4) is 0 Å². The van der Waals surface area contributed by atoms with E-state index in [9.17, 15) is 14.4 Å². The first-order valence-electron chi connectivity index (χ1n) is 26.7. The average Bonchev–Trinajstić information content (AvgIpc) is 3.62. The minimum absolute atomic E-state index is 0.00890. The van der Waals surface area contributed by atoms with Gasteiger partial charge in [0.1, 0.15) is 12.7 Å². The maximum Gasteiger partial charge on any atom is 0.306 e. The Hall–Kier alpha value is -2.67. The lowest BCUT2D eigenvalue weighted by atomic mass is 9.50. The lowest BCUT2D eigenvalue weighted by Gasteiger charge is -2.55. The number of allylic oxidation sites excluding steroid dienone is 6. The smallest absolute Gasteiger partial charge is 0.306 e. The van der Waals surface area contributed by atoms with E-state index in [1.54, 1.807) is 5.57 Å². The molecule has 8 unspecified atom stereocenters. The van der Waals surface area contributed by atoms with E-state index in [2.05, 4.69) is 103 Å². The fraction of sp³-hybridized carbons (Fsp3) is 0.807. The molecule has 0 bridgehead atoms. The van der Waals surface area contributed by atoms with Crippen LogP contribution in [-0.4, -0.2) is 74.1 Å². The van der Waals surface area contributed by atoms with Gasteiger partial charge in [-0.2, -0.15) is 0 Å². The number of amides is 1. The van der Waals surface area contributed by atoms with Gasteiger partial charge in [-0.15, -0.1) is 0 Å². The van der Waals surface area contributed by atoms with Gasteiger partial charge in [-0.3, -0.25) is 14.4 Å². The van der Waals surface area contributed by atoms with Crippen molar-refractivity contribution < 1.29 is 23.9 Å². The lowest BCUT2D eigenvalue weighted by molar-refractivity contribution is -0.151. The van der Waals surface area contributed by atoms with E-state index in [0.717, 1.165) is 109 Å². The number of hydrogen-bond acceptors (Lipinski definition) is 6. The summed E-state index contributed by atoms with van der Waals surface area (Å²) in [6, 6.07) is 0. The minimum atomic E-state index is -0.120. The molecule has 3 fully saturated rings. The minimum Gasteiger partial charge on any atom is -0.462 e. The molecule has 0 aromatic rings. The Kier molecular flexibility index (Phi) is 23.5. The van der Waals surface area contributed by atoms with Crippen LogP contribution in [0.25, 0.3) is 0 Å². The van der Waals surface area contributed by atoms with Crippen molar-refractivity contribution in [1.82, 2.24) is 9.80 Å². The van der Waals surface area contributed by atoms with Gasteiger partial charge in [-0.25, -0.2) is 0 Å². The van der Waals surface area contributed by atoms with Crippen LogP contribution in [0.2, 0.25) is 0 Å². The van der Waals surface area contributed by atoms with Crippen molar-refractivity contribution in [2.24, 2.45) is 46.3 Å². The Morgan fingerprint density at radius 1 is 0.719 bits per heavy atom. The summed E-state index contributed by atoms with van der Waals surface area (Å²) in [5, 5.41) is 0. The second kappa shape index (κ2) is 27.8. The van der Waals surface area contributed by atoms with E-state index >= 15 is 0 Å². The first-order chi connectivity index (χ1) is 30.7. The van der Waals surface area contributed by atoms with Crippen LogP contribution < -0.4 is 0 Å². The van der Waals surface area contributed by atoms with Crippen molar-refractivity contribution in [3.63, 3.8) is 0 Å². The highest BCUT2D eigenvalue weighted by molar-refractivity contribution is 5.76. The fourth-order valence-corrected chi connectivity index (χ4v) is 11.9. The zero-order chi connectivity index (χ0) is 46.5. The second-order valence-corrected chi connectivity index (χ2v) is 21.9. The number of ether oxygens (including phenoxy) is 2. The SMILES string of the molecule is CCCCCC/C=C/COC(=O)CCCCCCN(CCCCCCC(=O)OC1CCC2(C)C(=CC=C3C2CCC2(C)C3CCC2C(C)/C=C/C(C)C(C)C)C1)C(=O)CCCN(C)C. The third kappa shape index (κ3) is 16.6. The number of unbranched alkanes of at least 4 members (excludes halogenated alkanes) is 10. The van der Waals surface area contributed by atoms with E-state index in [1.165, 1.54) is 56.9 Å². The van der Waals surface area contributed by atoms with Crippen molar-refractivity contribution in [3.05, 3.63) is 47.6 Å². The largest absolute Gasteiger partial charge is 0.462 e. The highest BCUT2D eigenvalue weighted by atomic mass is 16.5. The normalized spacial score (nSPS) is 26.4. The van der Waals surface area contributed by atoms with Crippen LogP contribution in [-0.2, 0) is 23.9 Å². The molecule has 4 aliphatic rings. The molecule has 0 N–H and O–H groups in total. The summed E-state index contributed by atoms with van der Waals surface area (Å²) in [5.74, 6) is 4.09. The number of esters is 2. The topological polar surface area (TPSA) is 76.1 Å². The van der Waals surface area contributed by atoms with Crippen LogP contribution >= 0.6 is 0 Å². The van der Waals surface area contributed by atoms with Gasteiger partial charge in [-0.1, -0.05) is 141 Å². The van der Waals surface area contributed by atoms with Gasteiger partial charge in [-0.05, 0) is 150 Å².